The van der Waals surface area contributed by atoms with Crippen LogP contribution in [0.2, 0.25) is 0 Å². The van der Waals surface area contributed by atoms with Crippen LogP contribution >= 0.6 is 0 Å². The number of hydrogen-bond acceptors (Lipinski definition) is 2. The van der Waals surface area contributed by atoms with Crippen LogP contribution in [0.15, 0.2) is 0 Å². The van der Waals surface area contributed by atoms with Crippen LogP contribution < -0.4 is 0 Å². The minimum absolute atomic E-state index is 0.113. The molecular weight excluding hydrogens is 206 g/mol. The number of nitrogens with zero attached hydrogens (tertiary/aromatic N) is 1. The first kappa shape index (κ1) is 11.2. The van der Waals surface area contributed by atoms with E-state index in [1.807, 2.05) is 0 Å². The largest absolute Gasteiger partial charge is 0.471 e. The summed E-state index contributed by atoms with van der Waals surface area (Å²) in [6.07, 6.45) is -5.29. The predicted molar refractivity (Wildman–Crippen MR) is 38.4 cm³/mol. The van der Waals surface area contributed by atoms with Gasteiger partial charge >= 0.3 is 12.1 Å². The van der Waals surface area contributed by atoms with Crippen LogP contribution in [0.3, 0.4) is 0 Å². The zero-order valence-corrected chi connectivity index (χ0v) is 7.18. The van der Waals surface area contributed by atoms with Crippen molar-refractivity contribution in [1.82, 2.24) is 4.90 Å². The van der Waals surface area contributed by atoms with Crippen molar-refractivity contribution < 1.29 is 27.1 Å². The van der Waals surface area contributed by atoms with E-state index in [1.165, 1.54) is 0 Å². The van der Waals surface area contributed by atoms with Gasteiger partial charge in [-0.25, -0.2) is 4.39 Å². The van der Waals surface area contributed by atoms with Crippen molar-refractivity contribution in [3.8, 4) is 0 Å². The van der Waals surface area contributed by atoms with Crippen LogP contribution in [0.4, 0.5) is 17.6 Å². The molecule has 0 bridgehead atoms. The van der Waals surface area contributed by atoms with Crippen molar-refractivity contribution in [3.05, 3.63) is 0 Å². The van der Waals surface area contributed by atoms with E-state index in [0.29, 0.717) is 4.90 Å². The Hall–Kier alpha value is -0.850. The lowest BCUT2D eigenvalue weighted by Gasteiger charge is -2.38. The fourth-order valence-electron chi connectivity index (χ4n) is 1.10. The SMILES string of the molecule is O=C(N1CC(OCCF)C1)C(F)(F)F. The summed E-state index contributed by atoms with van der Waals surface area (Å²) in [5.74, 6) is -1.86. The maximum atomic E-state index is 11.8. The number of alkyl halides is 4. The van der Waals surface area contributed by atoms with Gasteiger partial charge in [-0.05, 0) is 0 Å². The van der Waals surface area contributed by atoms with Gasteiger partial charge in [-0.2, -0.15) is 13.2 Å². The zero-order chi connectivity index (χ0) is 10.8. The van der Waals surface area contributed by atoms with Gasteiger partial charge in [0.1, 0.15) is 6.67 Å². The third kappa shape index (κ3) is 2.57. The molecule has 3 nitrogen and oxygen atoms in total. The molecule has 14 heavy (non-hydrogen) atoms. The molecule has 0 aromatic heterocycles. The second-order valence-electron chi connectivity index (χ2n) is 2.89. The molecule has 0 aromatic rings. The number of carbonyl (C=O) groups excluding carboxylic acids is 1. The van der Waals surface area contributed by atoms with Gasteiger partial charge in [0.05, 0.1) is 12.7 Å². The Labute approximate surface area is 77.6 Å². The third-order valence-electron chi connectivity index (χ3n) is 1.81. The van der Waals surface area contributed by atoms with E-state index in [4.69, 9.17) is 4.74 Å². The number of carbonyl (C=O) groups is 1. The molecular formula is C7H9F4NO2. The normalized spacial score (nSPS) is 18.1. The lowest BCUT2D eigenvalue weighted by molar-refractivity contribution is -0.196. The zero-order valence-electron chi connectivity index (χ0n) is 7.18. The topological polar surface area (TPSA) is 29.5 Å². The Morgan fingerprint density at radius 2 is 2.00 bits per heavy atom. The van der Waals surface area contributed by atoms with Crippen LogP contribution in [-0.4, -0.2) is 49.5 Å². The lowest BCUT2D eigenvalue weighted by atomic mass is 10.1. The number of halogens is 4. The first-order valence-electron chi connectivity index (χ1n) is 3.99. The summed E-state index contributed by atoms with van der Waals surface area (Å²) in [6.45, 7) is -1.04. The highest BCUT2D eigenvalue weighted by atomic mass is 19.4. The van der Waals surface area contributed by atoms with Gasteiger partial charge in [0.25, 0.3) is 0 Å². The molecule has 0 atom stereocenters. The molecule has 0 unspecified atom stereocenters. The van der Waals surface area contributed by atoms with Crippen LogP contribution in [0, 0.1) is 0 Å². The van der Waals surface area contributed by atoms with Gasteiger partial charge in [-0.1, -0.05) is 0 Å². The Bertz CT molecular complexity index is 212. The van der Waals surface area contributed by atoms with Gasteiger partial charge in [-0.15, -0.1) is 0 Å². The highest BCUT2D eigenvalue weighted by Gasteiger charge is 2.46. The lowest BCUT2D eigenvalue weighted by Crippen LogP contribution is -2.58. The van der Waals surface area contributed by atoms with E-state index in [9.17, 15) is 22.4 Å². The molecule has 1 saturated heterocycles. The van der Waals surface area contributed by atoms with E-state index in [-0.39, 0.29) is 19.7 Å². The molecule has 0 saturated carbocycles. The monoisotopic (exact) mass is 215 g/mol. The average Bonchev–Trinajstić information content (AvgIpc) is 1.99. The molecule has 7 heteroatoms. The van der Waals surface area contributed by atoms with Crippen LogP contribution in [-0.2, 0) is 9.53 Å². The van der Waals surface area contributed by atoms with Crippen molar-refractivity contribution in [2.75, 3.05) is 26.4 Å². The second-order valence-corrected chi connectivity index (χ2v) is 2.89. The van der Waals surface area contributed by atoms with Gasteiger partial charge in [0, 0.05) is 13.1 Å². The van der Waals surface area contributed by atoms with Gasteiger partial charge in [0.15, 0.2) is 0 Å². The summed E-state index contributed by atoms with van der Waals surface area (Å²) in [6, 6.07) is 0. The van der Waals surface area contributed by atoms with Crippen LogP contribution in [0.5, 0.6) is 0 Å². The Morgan fingerprint density at radius 1 is 1.43 bits per heavy atom. The molecule has 1 heterocycles. The molecule has 0 radical (unpaired) electrons. The third-order valence-corrected chi connectivity index (χ3v) is 1.81. The first-order valence-corrected chi connectivity index (χ1v) is 3.99. The van der Waals surface area contributed by atoms with E-state index < -0.39 is 24.9 Å². The molecule has 82 valence electrons. The smallest absolute Gasteiger partial charge is 0.372 e. The average molecular weight is 215 g/mol. The van der Waals surface area contributed by atoms with Crippen molar-refractivity contribution in [2.24, 2.45) is 0 Å². The van der Waals surface area contributed by atoms with Gasteiger partial charge in [-0.3, -0.25) is 4.79 Å². The predicted octanol–water partition coefficient (Wildman–Crippen LogP) is 0.746. The second kappa shape index (κ2) is 4.12. The summed E-state index contributed by atoms with van der Waals surface area (Å²) >= 11 is 0. The van der Waals surface area contributed by atoms with E-state index in [1.54, 1.807) is 0 Å². The minimum atomic E-state index is -4.83. The maximum absolute atomic E-state index is 11.8. The van der Waals surface area contributed by atoms with Crippen LogP contribution in [0.1, 0.15) is 0 Å². The molecule has 0 spiro atoms. The van der Waals surface area contributed by atoms with E-state index >= 15 is 0 Å². The number of amides is 1. The Morgan fingerprint density at radius 3 is 2.43 bits per heavy atom. The van der Waals surface area contributed by atoms with Crippen molar-refractivity contribution in [2.45, 2.75) is 12.3 Å². The molecule has 0 N–H and O–H groups in total. The Balaban J connectivity index is 2.24. The highest BCUT2D eigenvalue weighted by molar-refractivity contribution is 5.82. The molecule has 1 rings (SSSR count). The summed E-state index contributed by atoms with van der Waals surface area (Å²) in [7, 11) is 0. The summed E-state index contributed by atoms with van der Waals surface area (Å²) < 4.78 is 51.8. The van der Waals surface area contributed by atoms with Crippen molar-refractivity contribution in [3.63, 3.8) is 0 Å². The van der Waals surface area contributed by atoms with Crippen molar-refractivity contribution >= 4 is 5.91 Å². The maximum Gasteiger partial charge on any atom is 0.471 e. The standard InChI is InChI=1S/C7H9F4NO2/c8-1-2-14-5-3-12(4-5)6(13)7(9,10)11/h5H,1-4H2. The molecule has 1 aliphatic rings. The molecule has 0 aliphatic carbocycles. The van der Waals surface area contributed by atoms with Gasteiger partial charge in [0.2, 0.25) is 0 Å². The Kier molecular flexibility index (Phi) is 3.30. The fourth-order valence-corrected chi connectivity index (χ4v) is 1.10. The van der Waals surface area contributed by atoms with E-state index in [2.05, 4.69) is 0 Å². The summed E-state index contributed by atoms with van der Waals surface area (Å²) in [5, 5.41) is 0. The minimum Gasteiger partial charge on any atom is -0.372 e. The number of hydrogen-bond donors (Lipinski definition) is 0. The first-order chi connectivity index (χ1) is 6.45. The van der Waals surface area contributed by atoms with Crippen LogP contribution in [0.25, 0.3) is 0 Å². The number of rotatable bonds is 3. The quantitative estimate of drug-likeness (QED) is 0.650. The van der Waals surface area contributed by atoms with Gasteiger partial charge < -0.3 is 9.64 Å². The molecule has 1 fully saturated rings. The van der Waals surface area contributed by atoms with Crippen molar-refractivity contribution in [1.29, 1.82) is 0 Å². The molecule has 0 aromatic carbocycles. The highest BCUT2D eigenvalue weighted by Crippen LogP contribution is 2.22. The number of ether oxygens (including phenoxy) is 1. The number of likely N-dealkylation sites (tertiary alicyclic amines) is 1. The summed E-state index contributed by atoms with van der Waals surface area (Å²) in [4.78, 5) is 11.2. The fraction of sp³-hybridized carbons (Fsp3) is 0.857. The van der Waals surface area contributed by atoms with E-state index in [0.717, 1.165) is 0 Å². The molecule has 1 amide bonds. The molecule has 1 aliphatic heterocycles. The summed E-state index contributed by atoms with van der Waals surface area (Å²) in [5.41, 5.74) is 0.